The molecule has 0 aliphatic carbocycles. The van der Waals surface area contributed by atoms with Crippen molar-refractivity contribution in [3.63, 3.8) is 0 Å². The summed E-state index contributed by atoms with van der Waals surface area (Å²) < 4.78 is 23.8. The molecule has 2 aromatic rings. The van der Waals surface area contributed by atoms with Crippen molar-refractivity contribution in [1.29, 1.82) is 0 Å². The van der Waals surface area contributed by atoms with Crippen LogP contribution in [-0.4, -0.2) is 42.8 Å². The van der Waals surface area contributed by atoms with Crippen LogP contribution in [0.5, 0.6) is 11.6 Å². The van der Waals surface area contributed by atoms with Crippen molar-refractivity contribution < 1.29 is 18.7 Å². The van der Waals surface area contributed by atoms with E-state index in [1.165, 1.54) is 12.1 Å². The van der Waals surface area contributed by atoms with E-state index >= 15 is 0 Å². The van der Waals surface area contributed by atoms with Crippen LogP contribution in [0.2, 0.25) is 0 Å². The second-order valence-corrected chi connectivity index (χ2v) is 7.69. The largest absolute Gasteiger partial charge is 0.444 e. The monoisotopic (exact) mass is 431 g/mol. The van der Waals surface area contributed by atoms with E-state index in [-0.39, 0.29) is 5.82 Å². The van der Waals surface area contributed by atoms with Gasteiger partial charge in [0.15, 0.2) is 5.96 Å². The summed E-state index contributed by atoms with van der Waals surface area (Å²) in [6.07, 6.45) is 1.94. The number of hydrogen-bond donors (Lipinski definition) is 3. The Balaban J connectivity index is 1.72. The molecule has 0 fully saturated rings. The summed E-state index contributed by atoms with van der Waals surface area (Å²) in [4.78, 5) is 20.0. The molecule has 1 aromatic carbocycles. The molecule has 0 unspecified atom stereocenters. The fourth-order valence-electron chi connectivity index (χ4n) is 2.45. The van der Waals surface area contributed by atoms with Gasteiger partial charge in [-0.25, -0.2) is 14.2 Å². The van der Waals surface area contributed by atoms with Gasteiger partial charge in [0.1, 0.15) is 17.2 Å². The van der Waals surface area contributed by atoms with Gasteiger partial charge in [0.25, 0.3) is 0 Å². The molecule has 0 bridgehead atoms. The number of ether oxygens (including phenoxy) is 2. The molecule has 0 saturated carbocycles. The first-order valence-corrected chi connectivity index (χ1v) is 10.0. The Hall–Kier alpha value is -3.36. The Morgan fingerprint density at radius 2 is 1.81 bits per heavy atom. The molecule has 0 spiro atoms. The summed E-state index contributed by atoms with van der Waals surface area (Å²) in [7, 11) is 1.68. The lowest BCUT2D eigenvalue weighted by Gasteiger charge is -2.19. The van der Waals surface area contributed by atoms with Gasteiger partial charge < -0.3 is 25.4 Å². The molecular formula is C22H30FN5O3. The molecule has 3 N–H and O–H groups in total. The van der Waals surface area contributed by atoms with E-state index in [2.05, 4.69) is 25.9 Å². The third-order valence-corrected chi connectivity index (χ3v) is 3.83. The third kappa shape index (κ3) is 9.79. The Kier molecular flexibility index (Phi) is 9.05. The van der Waals surface area contributed by atoms with Gasteiger partial charge in [-0.1, -0.05) is 0 Å². The zero-order chi connectivity index (χ0) is 22.7. The summed E-state index contributed by atoms with van der Waals surface area (Å²) in [5.74, 6) is 1.24. The molecule has 1 amide bonds. The van der Waals surface area contributed by atoms with Crippen molar-refractivity contribution in [2.45, 2.75) is 39.3 Å². The Morgan fingerprint density at radius 1 is 1.10 bits per heavy atom. The smallest absolute Gasteiger partial charge is 0.407 e. The first-order valence-electron chi connectivity index (χ1n) is 10.0. The summed E-state index contributed by atoms with van der Waals surface area (Å²) in [6.45, 7) is 7.11. The van der Waals surface area contributed by atoms with Crippen molar-refractivity contribution in [2.75, 3.05) is 20.1 Å². The second-order valence-electron chi connectivity index (χ2n) is 7.69. The minimum absolute atomic E-state index is 0.322. The molecule has 0 aliphatic heterocycles. The first kappa shape index (κ1) is 23.9. The summed E-state index contributed by atoms with van der Waals surface area (Å²) in [6, 6.07) is 9.42. The van der Waals surface area contributed by atoms with Crippen LogP contribution in [-0.2, 0) is 11.3 Å². The number of nitrogens with one attached hydrogen (secondary N) is 3. The standard InChI is InChI=1S/C22H30FN5O3/c1-22(2,3)31-21(29)27-12-5-11-26-20(24-4)28-15-16-10-13-25-19(14-16)30-18-8-6-17(23)7-9-18/h6-10,13-14H,5,11-12,15H2,1-4H3,(H,27,29)(H2,24,26,28). The topological polar surface area (TPSA) is 96.9 Å². The van der Waals surface area contributed by atoms with Gasteiger partial charge in [0.2, 0.25) is 5.88 Å². The minimum atomic E-state index is -0.509. The molecule has 9 heteroatoms. The highest BCUT2D eigenvalue weighted by atomic mass is 19.1. The van der Waals surface area contributed by atoms with Crippen LogP contribution < -0.4 is 20.7 Å². The lowest BCUT2D eigenvalue weighted by molar-refractivity contribution is 0.0527. The number of halogens is 1. The first-order chi connectivity index (χ1) is 14.7. The zero-order valence-electron chi connectivity index (χ0n) is 18.4. The fraction of sp³-hybridized carbons (Fsp3) is 0.409. The maximum atomic E-state index is 13.0. The number of aliphatic imine (C=N–C) groups is 1. The highest BCUT2D eigenvalue weighted by Crippen LogP contribution is 2.20. The normalized spacial score (nSPS) is 11.6. The van der Waals surface area contributed by atoms with Gasteiger partial charge in [-0.3, -0.25) is 4.99 Å². The van der Waals surface area contributed by atoms with E-state index in [0.717, 1.165) is 5.56 Å². The van der Waals surface area contributed by atoms with Crippen LogP contribution in [0.4, 0.5) is 9.18 Å². The summed E-state index contributed by atoms with van der Waals surface area (Å²) in [5.41, 5.74) is 0.437. The number of guanidine groups is 1. The number of rotatable bonds is 8. The van der Waals surface area contributed by atoms with Gasteiger partial charge >= 0.3 is 6.09 Å². The number of benzene rings is 1. The van der Waals surface area contributed by atoms with E-state index in [1.54, 1.807) is 31.4 Å². The summed E-state index contributed by atoms with van der Waals surface area (Å²) >= 11 is 0. The van der Waals surface area contributed by atoms with E-state index in [0.29, 0.717) is 43.6 Å². The van der Waals surface area contributed by atoms with Crippen molar-refractivity contribution in [2.24, 2.45) is 4.99 Å². The maximum absolute atomic E-state index is 13.0. The van der Waals surface area contributed by atoms with E-state index < -0.39 is 11.7 Å². The predicted molar refractivity (Wildman–Crippen MR) is 118 cm³/mol. The molecule has 2 rings (SSSR count). The molecule has 0 saturated heterocycles. The minimum Gasteiger partial charge on any atom is -0.444 e. The number of alkyl carbamates (subject to hydrolysis) is 1. The molecule has 0 aliphatic rings. The lowest BCUT2D eigenvalue weighted by Crippen LogP contribution is -2.39. The van der Waals surface area contributed by atoms with Gasteiger partial charge in [0, 0.05) is 38.9 Å². The Morgan fingerprint density at radius 3 is 2.48 bits per heavy atom. The van der Waals surface area contributed by atoms with Crippen molar-refractivity contribution in [3.8, 4) is 11.6 Å². The third-order valence-electron chi connectivity index (χ3n) is 3.83. The van der Waals surface area contributed by atoms with Crippen LogP contribution in [0.25, 0.3) is 0 Å². The van der Waals surface area contributed by atoms with Crippen LogP contribution in [0.1, 0.15) is 32.8 Å². The van der Waals surface area contributed by atoms with Gasteiger partial charge in [0.05, 0.1) is 0 Å². The number of carbonyl (C=O) groups excluding carboxylic acids is 1. The molecule has 8 nitrogen and oxygen atoms in total. The van der Waals surface area contributed by atoms with E-state index in [1.807, 2.05) is 26.8 Å². The molecule has 31 heavy (non-hydrogen) atoms. The van der Waals surface area contributed by atoms with Crippen molar-refractivity contribution in [1.82, 2.24) is 20.9 Å². The van der Waals surface area contributed by atoms with Crippen LogP contribution >= 0.6 is 0 Å². The second kappa shape index (κ2) is 11.7. The molecular weight excluding hydrogens is 401 g/mol. The van der Waals surface area contributed by atoms with Crippen molar-refractivity contribution >= 4 is 12.1 Å². The number of pyridine rings is 1. The number of carbonyl (C=O) groups is 1. The Labute approximate surface area is 182 Å². The quantitative estimate of drug-likeness (QED) is 0.336. The van der Waals surface area contributed by atoms with Gasteiger partial charge in [-0.05, 0) is 63.1 Å². The highest BCUT2D eigenvalue weighted by Gasteiger charge is 2.15. The van der Waals surface area contributed by atoms with Crippen LogP contribution in [0.15, 0.2) is 47.6 Å². The fourth-order valence-corrected chi connectivity index (χ4v) is 2.45. The molecule has 0 radical (unpaired) electrons. The van der Waals surface area contributed by atoms with E-state index in [4.69, 9.17) is 9.47 Å². The lowest BCUT2D eigenvalue weighted by atomic mass is 10.2. The number of hydrogen-bond acceptors (Lipinski definition) is 5. The molecule has 168 valence electrons. The van der Waals surface area contributed by atoms with Gasteiger partial charge in [-0.2, -0.15) is 0 Å². The summed E-state index contributed by atoms with van der Waals surface area (Å²) in [5, 5.41) is 9.11. The maximum Gasteiger partial charge on any atom is 0.407 e. The number of nitrogens with zero attached hydrogens (tertiary/aromatic N) is 2. The average molecular weight is 432 g/mol. The molecule has 0 atom stereocenters. The predicted octanol–water partition coefficient (Wildman–Crippen LogP) is 3.59. The Bertz CT molecular complexity index is 866. The highest BCUT2D eigenvalue weighted by molar-refractivity contribution is 5.79. The zero-order valence-corrected chi connectivity index (χ0v) is 18.4. The number of aromatic nitrogens is 1. The van der Waals surface area contributed by atoms with Crippen LogP contribution in [0, 0.1) is 5.82 Å². The van der Waals surface area contributed by atoms with Crippen molar-refractivity contribution in [3.05, 3.63) is 54.0 Å². The van der Waals surface area contributed by atoms with Crippen LogP contribution in [0.3, 0.4) is 0 Å². The number of amides is 1. The molecule has 1 heterocycles. The van der Waals surface area contributed by atoms with Gasteiger partial charge in [-0.15, -0.1) is 0 Å². The van der Waals surface area contributed by atoms with E-state index in [9.17, 15) is 9.18 Å². The molecule has 1 aromatic heterocycles. The average Bonchev–Trinajstić information content (AvgIpc) is 2.71. The SMILES string of the molecule is CN=C(NCCCNC(=O)OC(C)(C)C)NCc1ccnc(Oc2ccc(F)cc2)c1.